The Kier molecular flexibility index (Phi) is 4.22. The van der Waals surface area contributed by atoms with Gasteiger partial charge in [-0.05, 0) is 31.9 Å². The van der Waals surface area contributed by atoms with Crippen LogP contribution >= 0.6 is 15.9 Å². The smallest absolute Gasteiger partial charge is 0.293 e. The number of hydrogen-bond donors (Lipinski definition) is 0. The molecule has 0 saturated heterocycles. The average Bonchev–Trinajstić information content (AvgIpc) is 2.85. The van der Waals surface area contributed by atoms with Crippen LogP contribution in [-0.4, -0.2) is 17.5 Å². The highest BCUT2D eigenvalue weighted by atomic mass is 79.9. The number of rotatable bonds is 4. The summed E-state index contributed by atoms with van der Waals surface area (Å²) in [5, 5.41) is 11.2. The molecule has 0 unspecified atom stereocenters. The highest BCUT2D eigenvalue weighted by Gasteiger charge is 2.26. The molecule has 18 heavy (non-hydrogen) atoms. The van der Waals surface area contributed by atoms with E-state index in [1.165, 1.54) is 12.8 Å². The average molecular weight is 313 g/mol. The van der Waals surface area contributed by atoms with Crippen LogP contribution in [-0.2, 0) is 0 Å². The minimum absolute atomic E-state index is 0.193. The molecule has 1 aromatic rings. The molecule has 0 radical (unpaired) electrons. The Morgan fingerprint density at radius 2 is 2.11 bits per heavy atom. The van der Waals surface area contributed by atoms with E-state index in [0.29, 0.717) is 6.04 Å². The lowest BCUT2D eigenvalue weighted by atomic mass is 10.1. The number of nitrogens with zero attached hydrogens (tertiary/aromatic N) is 2. The van der Waals surface area contributed by atoms with Gasteiger partial charge in [0, 0.05) is 23.1 Å². The molecule has 0 amide bonds. The van der Waals surface area contributed by atoms with Crippen molar-refractivity contribution in [3.63, 3.8) is 0 Å². The molecule has 1 aromatic carbocycles. The summed E-state index contributed by atoms with van der Waals surface area (Å²) in [4.78, 5) is 13.1. The van der Waals surface area contributed by atoms with Gasteiger partial charge in [-0.15, -0.1) is 0 Å². The molecule has 0 N–H and O–H groups in total. The van der Waals surface area contributed by atoms with E-state index in [-0.39, 0.29) is 10.6 Å². The van der Waals surface area contributed by atoms with E-state index in [1.54, 1.807) is 6.07 Å². The molecule has 4 nitrogen and oxygen atoms in total. The second kappa shape index (κ2) is 5.69. The van der Waals surface area contributed by atoms with Crippen LogP contribution in [0.3, 0.4) is 0 Å². The fraction of sp³-hybridized carbons (Fsp3) is 0.538. The Bertz CT molecular complexity index is 445. The third-order valence-corrected chi connectivity index (χ3v) is 4.04. The SMILES string of the molecule is CCN(c1ccc(Br)cc1[N+](=O)[O-])C1CCCC1. The lowest BCUT2D eigenvalue weighted by molar-refractivity contribution is -0.384. The maximum atomic E-state index is 11.2. The monoisotopic (exact) mass is 312 g/mol. The van der Waals surface area contributed by atoms with Crippen LogP contribution in [0.5, 0.6) is 0 Å². The number of nitro groups is 1. The molecule has 2 rings (SSSR count). The van der Waals surface area contributed by atoms with Gasteiger partial charge < -0.3 is 4.90 Å². The van der Waals surface area contributed by atoms with E-state index in [4.69, 9.17) is 0 Å². The molecule has 0 spiro atoms. The van der Waals surface area contributed by atoms with Crippen LogP contribution in [0.25, 0.3) is 0 Å². The van der Waals surface area contributed by atoms with Crippen LogP contribution in [0.15, 0.2) is 22.7 Å². The molecule has 5 heteroatoms. The standard InChI is InChI=1S/C13H17BrN2O2/c1-2-15(11-5-3-4-6-11)12-8-7-10(14)9-13(12)16(17)18/h7-9,11H,2-6H2,1H3. The topological polar surface area (TPSA) is 46.4 Å². The number of hydrogen-bond acceptors (Lipinski definition) is 3. The fourth-order valence-electron chi connectivity index (χ4n) is 2.73. The number of benzene rings is 1. The molecule has 0 heterocycles. The van der Waals surface area contributed by atoms with E-state index >= 15 is 0 Å². The van der Waals surface area contributed by atoms with Crippen LogP contribution in [0.4, 0.5) is 11.4 Å². The largest absolute Gasteiger partial charge is 0.363 e. The molecule has 1 fully saturated rings. The second-order valence-electron chi connectivity index (χ2n) is 4.61. The maximum absolute atomic E-state index is 11.2. The zero-order valence-electron chi connectivity index (χ0n) is 10.4. The molecule has 1 aliphatic rings. The molecule has 98 valence electrons. The van der Waals surface area contributed by atoms with Gasteiger partial charge in [-0.3, -0.25) is 10.1 Å². The highest BCUT2D eigenvalue weighted by molar-refractivity contribution is 9.10. The Hall–Kier alpha value is -1.10. The molecular weight excluding hydrogens is 296 g/mol. The third kappa shape index (κ3) is 2.66. The van der Waals surface area contributed by atoms with Crippen LogP contribution in [0.1, 0.15) is 32.6 Å². The van der Waals surface area contributed by atoms with Crippen LogP contribution < -0.4 is 4.90 Å². The van der Waals surface area contributed by atoms with Crippen LogP contribution in [0.2, 0.25) is 0 Å². The van der Waals surface area contributed by atoms with E-state index in [2.05, 4.69) is 27.8 Å². The van der Waals surface area contributed by atoms with Crippen molar-refractivity contribution in [2.45, 2.75) is 38.6 Å². The lowest BCUT2D eigenvalue weighted by Crippen LogP contribution is -2.33. The van der Waals surface area contributed by atoms with Crippen molar-refractivity contribution in [2.24, 2.45) is 0 Å². The van der Waals surface area contributed by atoms with Crippen LogP contribution in [0, 0.1) is 10.1 Å². The summed E-state index contributed by atoms with van der Waals surface area (Å²) in [6.07, 6.45) is 4.74. The quantitative estimate of drug-likeness (QED) is 0.620. The normalized spacial score (nSPS) is 15.9. The predicted molar refractivity (Wildman–Crippen MR) is 76.1 cm³/mol. The van der Waals surface area contributed by atoms with Gasteiger partial charge in [0.1, 0.15) is 5.69 Å². The van der Waals surface area contributed by atoms with Crippen molar-refractivity contribution in [1.29, 1.82) is 0 Å². The molecule has 0 atom stereocenters. The first-order chi connectivity index (χ1) is 8.63. The first-order valence-corrected chi connectivity index (χ1v) is 7.13. The highest BCUT2D eigenvalue weighted by Crippen LogP contribution is 2.35. The van der Waals surface area contributed by atoms with E-state index in [0.717, 1.165) is 29.5 Å². The summed E-state index contributed by atoms with van der Waals surface area (Å²) in [6.45, 7) is 2.87. The second-order valence-corrected chi connectivity index (χ2v) is 5.53. The van der Waals surface area contributed by atoms with Gasteiger partial charge in [0.2, 0.25) is 0 Å². The first kappa shape index (κ1) is 13.3. The van der Waals surface area contributed by atoms with Gasteiger partial charge in [-0.2, -0.15) is 0 Å². The Morgan fingerprint density at radius 3 is 2.67 bits per heavy atom. The van der Waals surface area contributed by atoms with Gasteiger partial charge in [0.15, 0.2) is 0 Å². The minimum Gasteiger partial charge on any atom is -0.363 e. The molecule has 0 aromatic heterocycles. The molecule has 0 bridgehead atoms. The minimum atomic E-state index is -0.294. The van der Waals surface area contributed by atoms with E-state index < -0.39 is 0 Å². The van der Waals surface area contributed by atoms with Crippen molar-refractivity contribution in [2.75, 3.05) is 11.4 Å². The predicted octanol–water partition coefficient (Wildman–Crippen LogP) is 4.13. The van der Waals surface area contributed by atoms with Crippen molar-refractivity contribution in [3.05, 3.63) is 32.8 Å². The van der Waals surface area contributed by atoms with Crippen molar-refractivity contribution in [1.82, 2.24) is 0 Å². The van der Waals surface area contributed by atoms with Gasteiger partial charge >= 0.3 is 0 Å². The fourth-order valence-corrected chi connectivity index (χ4v) is 3.08. The molecule has 0 aliphatic heterocycles. The van der Waals surface area contributed by atoms with E-state index in [1.807, 2.05) is 12.1 Å². The van der Waals surface area contributed by atoms with Crippen molar-refractivity contribution >= 4 is 27.3 Å². The number of nitro benzene ring substituents is 1. The zero-order valence-corrected chi connectivity index (χ0v) is 12.0. The summed E-state index contributed by atoms with van der Waals surface area (Å²) >= 11 is 3.30. The summed E-state index contributed by atoms with van der Waals surface area (Å²) < 4.78 is 0.750. The Labute approximate surface area is 115 Å². The lowest BCUT2D eigenvalue weighted by Gasteiger charge is -2.29. The maximum Gasteiger partial charge on any atom is 0.293 e. The Morgan fingerprint density at radius 1 is 1.44 bits per heavy atom. The summed E-state index contributed by atoms with van der Waals surface area (Å²) in [7, 11) is 0. The summed E-state index contributed by atoms with van der Waals surface area (Å²) in [6, 6.07) is 5.77. The van der Waals surface area contributed by atoms with Gasteiger partial charge in [-0.25, -0.2) is 0 Å². The number of anilines is 1. The van der Waals surface area contributed by atoms with Gasteiger partial charge in [0.05, 0.1) is 4.92 Å². The number of halogens is 1. The summed E-state index contributed by atoms with van der Waals surface area (Å²) in [5.74, 6) is 0. The first-order valence-electron chi connectivity index (χ1n) is 6.34. The Balaban J connectivity index is 2.37. The van der Waals surface area contributed by atoms with Gasteiger partial charge in [0.25, 0.3) is 5.69 Å². The van der Waals surface area contributed by atoms with Crippen molar-refractivity contribution in [3.8, 4) is 0 Å². The third-order valence-electron chi connectivity index (χ3n) is 3.55. The molecule has 1 saturated carbocycles. The molecule has 1 aliphatic carbocycles. The van der Waals surface area contributed by atoms with Gasteiger partial charge in [-0.1, -0.05) is 28.8 Å². The van der Waals surface area contributed by atoms with E-state index in [9.17, 15) is 10.1 Å². The molecular formula is C13H17BrN2O2. The zero-order chi connectivity index (χ0) is 13.1. The summed E-state index contributed by atoms with van der Waals surface area (Å²) in [5.41, 5.74) is 0.940. The van der Waals surface area contributed by atoms with Crippen molar-refractivity contribution < 1.29 is 4.92 Å².